The van der Waals surface area contributed by atoms with Gasteiger partial charge < -0.3 is 9.52 Å². The molecule has 0 saturated carbocycles. The summed E-state index contributed by atoms with van der Waals surface area (Å²) in [5, 5.41) is 16.0. The van der Waals surface area contributed by atoms with Gasteiger partial charge in [0.2, 0.25) is 17.7 Å². The van der Waals surface area contributed by atoms with Gasteiger partial charge in [0.25, 0.3) is 0 Å². The topological polar surface area (TPSA) is 88.2 Å². The van der Waals surface area contributed by atoms with E-state index < -0.39 is 0 Å². The summed E-state index contributed by atoms with van der Waals surface area (Å²) < 4.78 is 5.89. The molecule has 5 rings (SSSR count). The van der Waals surface area contributed by atoms with Crippen molar-refractivity contribution in [3.05, 3.63) is 85.2 Å². The van der Waals surface area contributed by atoms with Crippen LogP contribution in [0.4, 0.5) is 5.88 Å². The van der Waals surface area contributed by atoms with E-state index in [-0.39, 0.29) is 23.4 Å². The third-order valence-corrected chi connectivity index (χ3v) is 5.20. The molecule has 1 amide bonds. The molecule has 0 bridgehead atoms. The van der Waals surface area contributed by atoms with E-state index >= 15 is 0 Å². The van der Waals surface area contributed by atoms with Crippen molar-refractivity contribution in [1.29, 1.82) is 0 Å². The zero-order valence-electron chi connectivity index (χ0n) is 17.2. The van der Waals surface area contributed by atoms with Crippen molar-refractivity contribution in [2.45, 2.75) is 6.92 Å². The molecule has 6 nitrogen and oxygen atoms in total. The van der Waals surface area contributed by atoms with Crippen LogP contribution in [-0.4, -0.2) is 21.0 Å². The Balaban J connectivity index is 1.67. The number of pyridine rings is 1. The summed E-state index contributed by atoms with van der Waals surface area (Å²) in [7, 11) is 0. The van der Waals surface area contributed by atoms with E-state index in [0.29, 0.717) is 22.4 Å². The number of fused-ring (bicyclic) bond motifs is 1. The molecule has 5 aromatic rings. The van der Waals surface area contributed by atoms with Gasteiger partial charge >= 0.3 is 0 Å². The summed E-state index contributed by atoms with van der Waals surface area (Å²) in [6.07, 6.45) is 3.29. The minimum atomic E-state index is -0.286. The second kappa shape index (κ2) is 8.00. The number of aromatic hydroxyl groups is 1. The van der Waals surface area contributed by atoms with Crippen LogP contribution in [0.2, 0.25) is 0 Å². The van der Waals surface area contributed by atoms with Gasteiger partial charge in [-0.05, 0) is 34.5 Å². The highest BCUT2D eigenvalue weighted by molar-refractivity contribution is 5.99. The molecule has 0 fully saturated rings. The van der Waals surface area contributed by atoms with Gasteiger partial charge in [-0.15, -0.1) is 0 Å². The van der Waals surface area contributed by atoms with Gasteiger partial charge in [0, 0.05) is 30.4 Å². The van der Waals surface area contributed by atoms with Gasteiger partial charge in [0.1, 0.15) is 11.4 Å². The number of rotatable bonds is 4. The Kier molecular flexibility index (Phi) is 4.88. The summed E-state index contributed by atoms with van der Waals surface area (Å²) in [6, 6.07) is 23.0. The third kappa shape index (κ3) is 3.48. The number of nitrogens with one attached hydrogen (secondary N) is 1. The Morgan fingerprint density at radius 1 is 0.906 bits per heavy atom. The molecule has 0 aliphatic carbocycles. The van der Waals surface area contributed by atoms with Gasteiger partial charge in [-0.25, -0.2) is 4.98 Å². The van der Waals surface area contributed by atoms with Crippen molar-refractivity contribution in [3.8, 4) is 39.6 Å². The number of nitrogens with zero attached hydrogens (tertiary/aromatic N) is 2. The molecule has 2 aromatic heterocycles. The largest absolute Gasteiger partial charge is 0.506 e. The Hall–Kier alpha value is -4.45. The molecule has 3 aromatic carbocycles. The number of phenolic OH excluding ortho intramolecular Hbond substituents is 1. The summed E-state index contributed by atoms with van der Waals surface area (Å²) in [4.78, 5) is 20.4. The first-order chi connectivity index (χ1) is 15.6. The van der Waals surface area contributed by atoms with Gasteiger partial charge in [-0.1, -0.05) is 54.6 Å². The zero-order valence-corrected chi connectivity index (χ0v) is 17.2. The highest BCUT2D eigenvalue weighted by atomic mass is 16.4. The predicted molar refractivity (Wildman–Crippen MR) is 124 cm³/mol. The lowest BCUT2D eigenvalue weighted by Crippen LogP contribution is -2.05. The lowest BCUT2D eigenvalue weighted by atomic mass is 9.96. The van der Waals surface area contributed by atoms with Crippen molar-refractivity contribution >= 4 is 22.6 Å². The number of hydrogen-bond donors (Lipinski definition) is 2. The number of amides is 1. The molecule has 0 unspecified atom stereocenters. The second-order valence-electron chi connectivity index (χ2n) is 7.35. The van der Waals surface area contributed by atoms with E-state index in [9.17, 15) is 9.90 Å². The fourth-order valence-corrected chi connectivity index (χ4v) is 3.77. The van der Waals surface area contributed by atoms with Crippen LogP contribution in [0.1, 0.15) is 6.92 Å². The standard InChI is InChI=1S/C26H19N3O3/c1-16(30)28-26-23(18-9-6-14-27-15-18)29-25(32-26)22-13-5-12-21(24(22)31)20-11-4-8-17-7-2-3-10-19(17)20/h2-15,31H,1H3,(H,28,30). The number of carbonyl (C=O) groups excluding carboxylic acids is 1. The van der Waals surface area contributed by atoms with Crippen molar-refractivity contribution in [1.82, 2.24) is 9.97 Å². The number of carbonyl (C=O) groups is 1. The molecule has 0 radical (unpaired) electrons. The zero-order chi connectivity index (χ0) is 22.1. The quantitative estimate of drug-likeness (QED) is 0.378. The maximum absolute atomic E-state index is 11.7. The Morgan fingerprint density at radius 3 is 2.47 bits per heavy atom. The number of para-hydroxylation sites is 1. The molecule has 6 heteroatoms. The highest BCUT2D eigenvalue weighted by Gasteiger charge is 2.21. The average Bonchev–Trinajstić information content (AvgIpc) is 3.22. The molecule has 2 heterocycles. The van der Waals surface area contributed by atoms with Crippen LogP contribution in [0.15, 0.2) is 89.6 Å². The number of benzene rings is 3. The van der Waals surface area contributed by atoms with Gasteiger partial charge in [-0.3, -0.25) is 15.1 Å². The van der Waals surface area contributed by atoms with Crippen molar-refractivity contribution in [3.63, 3.8) is 0 Å². The second-order valence-corrected chi connectivity index (χ2v) is 7.35. The van der Waals surface area contributed by atoms with E-state index in [1.165, 1.54) is 6.92 Å². The van der Waals surface area contributed by atoms with E-state index in [2.05, 4.69) is 15.3 Å². The summed E-state index contributed by atoms with van der Waals surface area (Å²) >= 11 is 0. The first-order valence-corrected chi connectivity index (χ1v) is 10.1. The third-order valence-electron chi connectivity index (χ3n) is 5.20. The fraction of sp³-hybridized carbons (Fsp3) is 0.0385. The van der Waals surface area contributed by atoms with Crippen LogP contribution in [0.3, 0.4) is 0 Å². The Labute approximate surface area is 184 Å². The van der Waals surface area contributed by atoms with Crippen molar-refractivity contribution < 1.29 is 14.3 Å². The van der Waals surface area contributed by atoms with E-state index in [1.54, 1.807) is 24.5 Å². The summed E-state index contributed by atoms with van der Waals surface area (Å²) in [6.45, 7) is 1.40. The van der Waals surface area contributed by atoms with Crippen LogP contribution in [-0.2, 0) is 4.79 Å². The molecule has 156 valence electrons. The van der Waals surface area contributed by atoms with Crippen molar-refractivity contribution in [2.75, 3.05) is 5.32 Å². The van der Waals surface area contributed by atoms with Crippen LogP contribution < -0.4 is 5.32 Å². The minimum absolute atomic E-state index is 0.0530. The predicted octanol–water partition coefficient (Wildman–Crippen LogP) is 5.89. The minimum Gasteiger partial charge on any atom is -0.506 e. The summed E-state index contributed by atoms with van der Waals surface area (Å²) in [5.41, 5.74) is 3.14. The molecule has 0 aliphatic heterocycles. The van der Waals surface area contributed by atoms with Crippen LogP contribution >= 0.6 is 0 Å². The molecule has 2 N–H and O–H groups in total. The number of aromatic nitrogens is 2. The first-order valence-electron chi connectivity index (χ1n) is 10.1. The summed E-state index contributed by atoms with van der Waals surface area (Å²) in [5.74, 6) is 0.173. The number of phenols is 1. The normalized spacial score (nSPS) is 10.9. The number of oxazole rings is 1. The smallest absolute Gasteiger partial charge is 0.233 e. The molecule has 0 atom stereocenters. The number of anilines is 1. The highest BCUT2D eigenvalue weighted by Crippen LogP contribution is 2.42. The van der Waals surface area contributed by atoms with Gasteiger partial charge in [0.15, 0.2) is 0 Å². The fourth-order valence-electron chi connectivity index (χ4n) is 3.77. The van der Waals surface area contributed by atoms with Gasteiger partial charge in [0.05, 0.1) is 5.56 Å². The SMILES string of the molecule is CC(=O)Nc1oc(-c2cccc(-c3cccc4ccccc34)c2O)nc1-c1cccnc1. The molecular formula is C26H19N3O3. The van der Waals surface area contributed by atoms with E-state index in [1.807, 2.05) is 60.7 Å². The lowest BCUT2D eigenvalue weighted by molar-refractivity contribution is -0.114. The van der Waals surface area contributed by atoms with Crippen LogP contribution in [0.25, 0.3) is 44.6 Å². The molecule has 0 saturated heterocycles. The monoisotopic (exact) mass is 421 g/mol. The maximum Gasteiger partial charge on any atom is 0.233 e. The molecule has 0 aliphatic rings. The molecule has 0 spiro atoms. The maximum atomic E-state index is 11.7. The Bertz CT molecular complexity index is 1440. The molecular weight excluding hydrogens is 402 g/mol. The average molecular weight is 421 g/mol. The first kappa shape index (κ1) is 19.5. The van der Waals surface area contributed by atoms with Crippen LogP contribution in [0, 0.1) is 0 Å². The lowest BCUT2D eigenvalue weighted by Gasteiger charge is -2.11. The number of hydrogen-bond acceptors (Lipinski definition) is 5. The van der Waals surface area contributed by atoms with E-state index in [4.69, 9.17) is 4.42 Å². The van der Waals surface area contributed by atoms with E-state index in [0.717, 1.165) is 16.3 Å². The molecule has 32 heavy (non-hydrogen) atoms. The van der Waals surface area contributed by atoms with Gasteiger partial charge in [-0.2, -0.15) is 0 Å². The van der Waals surface area contributed by atoms with Crippen molar-refractivity contribution in [2.24, 2.45) is 0 Å². The Morgan fingerprint density at radius 2 is 1.66 bits per heavy atom. The van der Waals surface area contributed by atoms with Crippen LogP contribution in [0.5, 0.6) is 5.75 Å².